The Morgan fingerprint density at radius 1 is 0.950 bits per heavy atom. The molecule has 0 bridgehead atoms. The van der Waals surface area contributed by atoms with Gasteiger partial charge in [0.05, 0.1) is 25.3 Å². The molecule has 0 saturated carbocycles. The highest BCUT2D eigenvalue weighted by Gasteiger charge is 2.46. The molecule has 210 valence electrons. The van der Waals surface area contributed by atoms with Crippen molar-refractivity contribution in [1.29, 1.82) is 0 Å². The molecule has 0 aromatic heterocycles. The molecule has 3 aromatic carbocycles. The predicted molar refractivity (Wildman–Crippen MR) is 158 cm³/mol. The number of ether oxygens (including phenoxy) is 2. The summed E-state index contributed by atoms with van der Waals surface area (Å²) >= 11 is 0. The van der Waals surface area contributed by atoms with Crippen LogP contribution in [0, 0.1) is 5.92 Å². The lowest BCUT2D eigenvalue weighted by Gasteiger charge is -2.26. The minimum atomic E-state index is -0.715. The number of Topliss-reactive ketones (excluding diaryl/α,β-unsaturated/α-hetero) is 1. The molecule has 0 aliphatic carbocycles. The predicted octanol–water partition coefficient (Wildman–Crippen LogP) is 6.69. The Morgan fingerprint density at radius 2 is 1.62 bits per heavy atom. The number of nitrogens with zero attached hydrogens (tertiary/aromatic N) is 1. The van der Waals surface area contributed by atoms with Crippen molar-refractivity contribution in [2.75, 3.05) is 20.3 Å². The summed E-state index contributed by atoms with van der Waals surface area (Å²) in [6.07, 6.45) is 0.548. The summed E-state index contributed by atoms with van der Waals surface area (Å²) in [5.74, 6) is 0.174. The maximum Gasteiger partial charge on any atom is 0.295 e. The summed E-state index contributed by atoms with van der Waals surface area (Å²) in [7, 11) is 1.62. The quantitative estimate of drug-likeness (QED) is 0.186. The summed E-state index contributed by atoms with van der Waals surface area (Å²) < 4.78 is 11.1. The molecule has 40 heavy (non-hydrogen) atoms. The molecule has 6 nitrogen and oxygen atoms in total. The Labute approximate surface area is 237 Å². The minimum absolute atomic E-state index is 0.0505. The normalized spacial score (nSPS) is 17.0. The van der Waals surface area contributed by atoms with Gasteiger partial charge >= 0.3 is 0 Å². The van der Waals surface area contributed by atoms with Crippen LogP contribution in [0.15, 0.2) is 78.4 Å². The van der Waals surface area contributed by atoms with Crippen molar-refractivity contribution in [3.05, 3.63) is 101 Å². The molecule has 1 saturated heterocycles. The van der Waals surface area contributed by atoms with E-state index in [1.165, 1.54) is 0 Å². The zero-order valence-electron chi connectivity index (χ0n) is 24.2. The van der Waals surface area contributed by atoms with Crippen LogP contribution in [0.25, 0.3) is 5.76 Å². The summed E-state index contributed by atoms with van der Waals surface area (Å²) in [5.41, 5.74) is 3.40. The Kier molecular flexibility index (Phi) is 8.67. The number of methoxy groups -OCH3 is 1. The summed E-state index contributed by atoms with van der Waals surface area (Å²) in [5, 5.41) is 11.5. The lowest BCUT2D eigenvalue weighted by atomic mass is 9.85. The number of carbonyl (C=O) groups excluding carboxylic acids is 2. The number of aliphatic hydroxyl groups is 1. The van der Waals surface area contributed by atoms with Gasteiger partial charge in [0.2, 0.25) is 0 Å². The highest BCUT2D eigenvalue weighted by atomic mass is 16.5. The molecule has 3 aromatic rings. The van der Waals surface area contributed by atoms with E-state index in [0.717, 1.165) is 22.4 Å². The molecule has 1 amide bonds. The van der Waals surface area contributed by atoms with Crippen molar-refractivity contribution >= 4 is 17.4 Å². The largest absolute Gasteiger partial charge is 0.507 e. The molecule has 1 aliphatic heterocycles. The van der Waals surface area contributed by atoms with Gasteiger partial charge in [-0.1, -0.05) is 83.1 Å². The molecular formula is C34H39NO5. The summed E-state index contributed by atoms with van der Waals surface area (Å²) in [6.45, 7) is 11.4. The number of benzene rings is 3. The number of aliphatic hydroxyl groups excluding tert-OH is 1. The first-order valence-electron chi connectivity index (χ1n) is 13.7. The fraction of sp³-hybridized carbons (Fsp3) is 0.353. The van der Waals surface area contributed by atoms with E-state index in [-0.39, 0.29) is 16.7 Å². The van der Waals surface area contributed by atoms with Crippen LogP contribution in [0.3, 0.4) is 0 Å². The second kappa shape index (κ2) is 12.0. The van der Waals surface area contributed by atoms with Crippen LogP contribution >= 0.6 is 0 Å². The van der Waals surface area contributed by atoms with Crippen molar-refractivity contribution in [1.82, 2.24) is 4.90 Å². The first-order chi connectivity index (χ1) is 19.0. The molecule has 1 aliphatic rings. The number of rotatable bonds is 9. The average Bonchev–Trinajstić information content (AvgIpc) is 3.19. The van der Waals surface area contributed by atoms with E-state index >= 15 is 0 Å². The van der Waals surface area contributed by atoms with Crippen molar-refractivity contribution in [2.45, 2.75) is 52.5 Å². The lowest BCUT2D eigenvalue weighted by Crippen LogP contribution is -2.31. The van der Waals surface area contributed by atoms with Crippen LogP contribution in [0.5, 0.6) is 11.5 Å². The highest BCUT2D eigenvalue weighted by Crippen LogP contribution is 2.40. The minimum Gasteiger partial charge on any atom is -0.507 e. The van der Waals surface area contributed by atoms with Gasteiger partial charge in [-0.3, -0.25) is 9.59 Å². The maximum atomic E-state index is 13.5. The number of ketones is 1. The maximum absolute atomic E-state index is 13.5. The van der Waals surface area contributed by atoms with E-state index in [2.05, 4.69) is 34.6 Å². The molecule has 6 heteroatoms. The Morgan fingerprint density at radius 3 is 2.23 bits per heavy atom. The zero-order chi connectivity index (χ0) is 29.0. The summed E-state index contributed by atoms with van der Waals surface area (Å²) in [6, 6.07) is 21.9. The van der Waals surface area contributed by atoms with Crippen LogP contribution in [0.2, 0.25) is 0 Å². The highest BCUT2D eigenvalue weighted by molar-refractivity contribution is 6.46. The van der Waals surface area contributed by atoms with Crippen LogP contribution in [0.4, 0.5) is 0 Å². The van der Waals surface area contributed by atoms with E-state index in [4.69, 9.17) is 9.47 Å². The van der Waals surface area contributed by atoms with E-state index in [1.54, 1.807) is 30.2 Å². The van der Waals surface area contributed by atoms with Crippen LogP contribution in [-0.2, 0) is 21.4 Å². The number of amides is 1. The molecule has 1 heterocycles. The summed E-state index contributed by atoms with van der Waals surface area (Å²) in [4.78, 5) is 28.5. The fourth-order valence-electron chi connectivity index (χ4n) is 4.82. The van der Waals surface area contributed by atoms with Gasteiger partial charge in [0.25, 0.3) is 11.7 Å². The van der Waals surface area contributed by atoms with E-state index in [1.807, 2.05) is 54.6 Å². The molecule has 4 rings (SSSR count). The fourth-order valence-corrected chi connectivity index (χ4v) is 4.82. The zero-order valence-corrected chi connectivity index (χ0v) is 24.2. The van der Waals surface area contributed by atoms with Crippen molar-refractivity contribution in [2.24, 2.45) is 5.92 Å². The Bertz CT molecular complexity index is 1380. The number of hydrogen-bond donors (Lipinski definition) is 1. The third-order valence-corrected chi connectivity index (χ3v) is 7.12. The number of likely N-dealkylation sites (tertiary alicyclic amines) is 1. The third-order valence-electron chi connectivity index (χ3n) is 7.12. The SMILES string of the molecule is COc1ccc(CCN2C(=O)C(=O)/C(=C(\O)c3cccc(OCC(C)C)c3)C2c2ccc(C(C)(C)C)cc2)cc1. The topological polar surface area (TPSA) is 76.1 Å². The molecule has 1 N–H and O–H groups in total. The first-order valence-corrected chi connectivity index (χ1v) is 13.7. The van der Waals surface area contributed by atoms with Crippen molar-refractivity contribution < 1.29 is 24.2 Å². The van der Waals surface area contributed by atoms with Crippen molar-refractivity contribution in [3.8, 4) is 11.5 Å². The molecular weight excluding hydrogens is 502 g/mol. The van der Waals surface area contributed by atoms with Crippen LogP contribution < -0.4 is 9.47 Å². The second-order valence-electron chi connectivity index (χ2n) is 11.7. The Hall–Kier alpha value is -4.06. The van der Waals surface area contributed by atoms with Gasteiger partial charge in [0, 0.05) is 12.1 Å². The first kappa shape index (κ1) is 28.9. The molecule has 1 fully saturated rings. The van der Waals surface area contributed by atoms with E-state index < -0.39 is 17.7 Å². The average molecular weight is 542 g/mol. The van der Waals surface area contributed by atoms with Gasteiger partial charge in [0.1, 0.15) is 17.3 Å². The second-order valence-corrected chi connectivity index (χ2v) is 11.7. The lowest BCUT2D eigenvalue weighted by molar-refractivity contribution is -0.139. The van der Waals surface area contributed by atoms with Gasteiger partial charge in [-0.05, 0) is 58.7 Å². The molecule has 1 unspecified atom stereocenters. The molecule has 0 radical (unpaired) electrons. The Balaban J connectivity index is 1.74. The monoisotopic (exact) mass is 541 g/mol. The van der Waals surface area contributed by atoms with Crippen molar-refractivity contribution in [3.63, 3.8) is 0 Å². The van der Waals surface area contributed by atoms with Gasteiger partial charge in [-0.2, -0.15) is 0 Å². The number of hydrogen-bond acceptors (Lipinski definition) is 5. The third kappa shape index (κ3) is 6.39. The van der Waals surface area contributed by atoms with Gasteiger partial charge in [-0.15, -0.1) is 0 Å². The van der Waals surface area contributed by atoms with E-state index in [9.17, 15) is 14.7 Å². The van der Waals surface area contributed by atoms with Gasteiger partial charge < -0.3 is 19.5 Å². The van der Waals surface area contributed by atoms with Crippen LogP contribution in [0.1, 0.15) is 62.9 Å². The van der Waals surface area contributed by atoms with Gasteiger partial charge in [0.15, 0.2) is 0 Å². The standard InChI is InChI=1S/C34H39NO5/c1-22(2)21-40-28-9-7-8-25(20-28)31(36)29-30(24-12-14-26(15-13-24)34(3,4)5)35(33(38)32(29)37)19-18-23-10-16-27(39-6)17-11-23/h7-17,20,22,30,36H,18-19,21H2,1-6H3/b31-29-. The van der Waals surface area contributed by atoms with Gasteiger partial charge in [-0.25, -0.2) is 0 Å². The van der Waals surface area contributed by atoms with Crippen LogP contribution in [-0.4, -0.2) is 42.0 Å². The number of carbonyl (C=O) groups is 2. The smallest absolute Gasteiger partial charge is 0.295 e. The molecule has 1 atom stereocenters. The molecule has 0 spiro atoms. The van der Waals surface area contributed by atoms with E-state index in [0.29, 0.717) is 36.8 Å².